The fraction of sp³-hybridized carbons (Fsp3) is 0.125. The van der Waals surface area contributed by atoms with Crippen LogP contribution < -0.4 is 0 Å². The normalized spacial score (nSPS) is 10.9. The Morgan fingerprint density at radius 3 is 2.73 bits per heavy atom. The van der Waals surface area contributed by atoms with Gasteiger partial charge in [-0.15, -0.1) is 0 Å². The summed E-state index contributed by atoms with van der Waals surface area (Å²) in [7, 11) is 0. The zero-order chi connectivity index (χ0) is 10.8. The van der Waals surface area contributed by atoms with Gasteiger partial charge in [0.1, 0.15) is 11.5 Å². The van der Waals surface area contributed by atoms with Gasteiger partial charge >= 0.3 is 6.55 Å². The SMILES string of the molecule is FC(F)n1cc(-c2cc(Cl)ncn2)cn1. The Morgan fingerprint density at radius 1 is 1.33 bits per heavy atom. The van der Waals surface area contributed by atoms with Gasteiger partial charge < -0.3 is 0 Å². The Morgan fingerprint density at radius 2 is 2.13 bits per heavy atom. The lowest BCUT2D eigenvalue weighted by molar-refractivity contribution is 0.0566. The Kier molecular flexibility index (Phi) is 2.59. The summed E-state index contributed by atoms with van der Waals surface area (Å²) in [6, 6.07) is 1.48. The maximum atomic E-state index is 12.2. The van der Waals surface area contributed by atoms with Crippen molar-refractivity contribution in [1.29, 1.82) is 0 Å². The molecule has 0 aliphatic heterocycles. The standard InChI is InChI=1S/C8H5ClF2N4/c9-7-1-6(12-4-13-7)5-2-14-15(3-5)8(10)11/h1-4,8H. The van der Waals surface area contributed by atoms with Crippen LogP contribution in [0.2, 0.25) is 5.15 Å². The Labute approximate surface area is 88.5 Å². The molecule has 0 spiro atoms. The summed E-state index contributed by atoms with van der Waals surface area (Å²) in [6.07, 6.45) is 3.76. The van der Waals surface area contributed by atoms with E-state index >= 15 is 0 Å². The maximum Gasteiger partial charge on any atom is 0.333 e. The largest absolute Gasteiger partial charge is 0.333 e. The smallest absolute Gasteiger partial charge is 0.236 e. The highest BCUT2D eigenvalue weighted by Crippen LogP contribution is 2.20. The summed E-state index contributed by atoms with van der Waals surface area (Å²) in [5.41, 5.74) is 0.932. The van der Waals surface area contributed by atoms with E-state index in [0.29, 0.717) is 15.9 Å². The third-order valence-corrected chi connectivity index (χ3v) is 1.94. The van der Waals surface area contributed by atoms with Crippen molar-refractivity contribution in [2.45, 2.75) is 6.55 Å². The van der Waals surface area contributed by atoms with Gasteiger partial charge in [-0.1, -0.05) is 11.6 Å². The van der Waals surface area contributed by atoms with Crippen molar-refractivity contribution in [3.63, 3.8) is 0 Å². The molecule has 0 aliphatic rings. The zero-order valence-electron chi connectivity index (χ0n) is 7.31. The van der Waals surface area contributed by atoms with E-state index in [1.54, 1.807) is 0 Å². The molecule has 0 unspecified atom stereocenters. The minimum atomic E-state index is -2.66. The van der Waals surface area contributed by atoms with Crippen molar-refractivity contribution >= 4 is 11.6 Å². The number of hydrogen-bond acceptors (Lipinski definition) is 3. The number of halogens is 3. The van der Waals surface area contributed by atoms with Crippen molar-refractivity contribution in [1.82, 2.24) is 19.7 Å². The third kappa shape index (κ3) is 2.10. The fourth-order valence-corrected chi connectivity index (χ4v) is 1.22. The van der Waals surface area contributed by atoms with E-state index in [4.69, 9.17) is 11.6 Å². The molecule has 7 heteroatoms. The van der Waals surface area contributed by atoms with E-state index in [1.807, 2.05) is 0 Å². The van der Waals surface area contributed by atoms with E-state index in [9.17, 15) is 8.78 Å². The van der Waals surface area contributed by atoms with Crippen LogP contribution >= 0.6 is 11.6 Å². The summed E-state index contributed by atoms with van der Waals surface area (Å²) >= 11 is 5.64. The van der Waals surface area contributed by atoms with Crippen LogP contribution in [0.1, 0.15) is 6.55 Å². The summed E-state index contributed by atoms with van der Waals surface area (Å²) in [5, 5.41) is 3.74. The van der Waals surface area contributed by atoms with Gasteiger partial charge in [-0.25, -0.2) is 14.6 Å². The van der Waals surface area contributed by atoms with E-state index in [0.717, 1.165) is 0 Å². The molecule has 0 saturated carbocycles. The molecule has 4 nitrogen and oxygen atoms in total. The molecule has 0 bridgehead atoms. The van der Waals surface area contributed by atoms with Crippen molar-refractivity contribution in [2.75, 3.05) is 0 Å². The first-order valence-corrected chi connectivity index (χ1v) is 4.35. The average molecular weight is 231 g/mol. The van der Waals surface area contributed by atoms with E-state index in [-0.39, 0.29) is 5.15 Å². The van der Waals surface area contributed by atoms with E-state index in [2.05, 4.69) is 15.1 Å². The fourth-order valence-electron chi connectivity index (χ4n) is 1.07. The third-order valence-electron chi connectivity index (χ3n) is 1.73. The minimum Gasteiger partial charge on any atom is -0.236 e. The quantitative estimate of drug-likeness (QED) is 0.744. The molecular weight excluding hydrogens is 226 g/mol. The van der Waals surface area contributed by atoms with Crippen LogP contribution in [0.15, 0.2) is 24.8 Å². The van der Waals surface area contributed by atoms with Gasteiger partial charge in [-0.3, -0.25) is 0 Å². The Balaban J connectivity index is 2.37. The first-order chi connectivity index (χ1) is 7.16. The summed E-state index contributed by atoms with van der Waals surface area (Å²) in [5.74, 6) is 0. The molecule has 0 amide bonds. The van der Waals surface area contributed by atoms with Crippen molar-refractivity contribution in [2.24, 2.45) is 0 Å². The highest BCUT2D eigenvalue weighted by Gasteiger charge is 2.09. The lowest BCUT2D eigenvalue weighted by atomic mass is 10.2. The van der Waals surface area contributed by atoms with Gasteiger partial charge in [0, 0.05) is 17.8 Å². The monoisotopic (exact) mass is 230 g/mol. The first kappa shape index (κ1) is 9.97. The lowest BCUT2D eigenvalue weighted by Crippen LogP contribution is -1.96. The predicted molar refractivity (Wildman–Crippen MR) is 49.5 cm³/mol. The van der Waals surface area contributed by atoms with Gasteiger partial charge in [-0.05, 0) is 0 Å². The molecule has 0 fully saturated rings. The summed E-state index contributed by atoms with van der Waals surface area (Å²) < 4.78 is 25.0. The molecule has 15 heavy (non-hydrogen) atoms. The molecule has 2 rings (SSSR count). The van der Waals surface area contributed by atoms with Crippen molar-refractivity contribution in [3.8, 4) is 11.3 Å². The van der Waals surface area contributed by atoms with E-state index < -0.39 is 6.55 Å². The van der Waals surface area contributed by atoms with Crippen molar-refractivity contribution < 1.29 is 8.78 Å². The van der Waals surface area contributed by atoms with Crippen LogP contribution in [0.25, 0.3) is 11.3 Å². The number of nitrogens with zero attached hydrogens (tertiary/aromatic N) is 4. The highest BCUT2D eigenvalue weighted by molar-refractivity contribution is 6.29. The molecule has 2 heterocycles. The van der Waals surface area contributed by atoms with Gasteiger partial charge in [0.25, 0.3) is 0 Å². The van der Waals surface area contributed by atoms with Gasteiger partial charge in [0.15, 0.2) is 0 Å². The number of alkyl halides is 2. The second-order valence-electron chi connectivity index (χ2n) is 2.71. The Hall–Kier alpha value is -1.56. The van der Waals surface area contributed by atoms with Crippen LogP contribution in [0, 0.1) is 0 Å². The summed E-state index contributed by atoms with van der Waals surface area (Å²) in [6.45, 7) is -2.66. The first-order valence-electron chi connectivity index (χ1n) is 3.97. The molecule has 0 N–H and O–H groups in total. The molecule has 0 radical (unpaired) electrons. The molecule has 0 atom stereocenters. The summed E-state index contributed by atoms with van der Waals surface area (Å²) in [4.78, 5) is 7.57. The van der Waals surface area contributed by atoms with Gasteiger partial charge in [0.2, 0.25) is 0 Å². The number of aromatic nitrogens is 4. The van der Waals surface area contributed by atoms with Crippen LogP contribution in [0.5, 0.6) is 0 Å². The average Bonchev–Trinajstić information content (AvgIpc) is 2.66. The zero-order valence-corrected chi connectivity index (χ0v) is 8.07. The molecule has 0 aromatic carbocycles. The molecule has 0 aliphatic carbocycles. The van der Waals surface area contributed by atoms with Crippen LogP contribution in [-0.2, 0) is 0 Å². The molecule has 78 valence electrons. The Bertz CT molecular complexity index is 471. The minimum absolute atomic E-state index is 0.254. The van der Waals surface area contributed by atoms with Crippen LogP contribution in [0.4, 0.5) is 8.78 Å². The van der Waals surface area contributed by atoms with Crippen LogP contribution in [-0.4, -0.2) is 19.7 Å². The van der Waals surface area contributed by atoms with Gasteiger partial charge in [-0.2, -0.15) is 13.9 Å². The molecule has 2 aromatic rings. The topological polar surface area (TPSA) is 43.6 Å². The number of hydrogen-bond donors (Lipinski definition) is 0. The van der Waals surface area contributed by atoms with E-state index in [1.165, 1.54) is 24.8 Å². The van der Waals surface area contributed by atoms with Gasteiger partial charge in [0.05, 0.1) is 11.9 Å². The molecule has 2 aromatic heterocycles. The van der Waals surface area contributed by atoms with Crippen molar-refractivity contribution in [3.05, 3.63) is 29.9 Å². The second-order valence-corrected chi connectivity index (χ2v) is 3.10. The molecular formula is C8H5ClF2N4. The number of rotatable bonds is 2. The predicted octanol–water partition coefficient (Wildman–Crippen LogP) is 2.39. The van der Waals surface area contributed by atoms with Crippen LogP contribution in [0.3, 0.4) is 0 Å². The second kappa shape index (κ2) is 3.90. The lowest BCUT2D eigenvalue weighted by Gasteiger charge is -1.96. The highest BCUT2D eigenvalue weighted by atomic mass is 35.5. The molecule has 0 saturated heterocycles. The maximum absolute atomic E-state index is 12.2.